The Morgan fingerprint density at radius 2 is 1.82 bits per heavy atom. The zero-order chi connectivity index (χ0) is 23.9. The fourth-order valence-electron chi connectivity index (χ4n) is 3.89. The van der Waals surface area contributed by atoms with Crippen molar-refractivity contribution in [3.63, 3.8) is 0 Å². The normalized spacial score (nSPS) is 14.1. The van der Waals surface area contributed by atoms with Crippen molar-refractivity contribution < 1.29 is 18.7 Å². The molecule has 2 aromatic carbocycles. The van der Waals surface area contributed by atoms with Gasteiger partial charge in [-0.15, -0.1) is 10.2 Å². The van der Waals surface area contributed by atoms with Crippen molar-refractivity contribution in [1.82, 2.24) is 19.7 Å². The van der Waals surface area contributed by atoms with Crippen LogP contribution in [0, 0.1) is 5.82 Å². The summed E-state index contributed by atoms with van der Waals surface area (Å²) in [4.78, 5) is 15.1. The van der Waals surface area contributed by atoms with Gasteiger partial charge in [0.25, 0.3) is 0 Å². The van der Waals surface area contributed by atoms with Crippen LogP contribution in [-0.2, 0) is 11.3 Å². The summed E-state index contributed by atoms with van der Waals surface area (Å²) in [5.74, 6) is 1.51. The van der Waals surface area contributed by atoms with E-state index >= 15 is 0 Å². The molecule has 34 heavy (non-hydrogen) atoms. The summed E-state index contributed by atoms with van der Waals surface area (Å²) in [5, 5.41) is 12.2. The monoisotopic (exact) mass is 485 g/mol. The van der Waals surface area contributed by atoms with Gasteiger partial charge in [0, 0.05) is 11.8 Å². The van der Waals surface area contributed by atoms with E-state index in [1.165, 1.54) is 43.2 Å². The first-order chi connectivity index (χ1) is 16.6. The number of amides is 1. The number of hydrogen-bond acceptors (Lipinski definition) is 7. The Morgan fingerprint density at radius 3 is 2.53 bits per heavy atom. The number of hydrogen-bond donors (Lipinski definition) is 1. The molecule has 4 rings (SSSR count). The zero-order valence-corrected chi connectivity index (χ0v) is 20.1. The number of aromatic nitrogens is 3. The van der Waals surface area contributed by atoms with Gasteiger partial charge in [0.05, 0.1) is 32.2 Å². The Labute approximate surface area is 202 Å². The molecule has 1 aromatic heterocycles. The molecule has 1 N–H and O–H groups in total. The highest BCUT2D eigenvalue weighted by atomic mass is 32.2. The van der Waals surface area contributed by atoms with E-state index in [0.717, 1.165) is 24.6 Å². The number of halogens is 1. The molecule has 10 heteroatoms. The maximum Gasteiger partial charge on any atom is 0.234 e. The van der Waals surface area contributed by atoms with Crippen LogP contribution in [-0.4, -0.2) is 58.6 Å². The Morgan fingerprint density at radius 1 is 1.06 bits per heavy atom. The number of nitrogens with zero attached hydrogens (tertiary/aromatic N) is 4. The van der Waals surface area contributed by atoms with E-state index < -0.39 is 0 Å². The van der Waals surface area contributed by atoms with Crippen molar-refractivity contribution in [2.24, 2.45) is 0 Å². The number of ether oxygens (including phenoxy) is 2. The zero-order valence-electron chi connectivity index (χ0n) is 19.3. The molecule has 1 saturated heterocycles. The second-order valence-electron chi connectivity index (χ2n) is 7.95. The van der Waals surface area contributed by atoms with Crippen molar-refractivity contribution in [2.45, 2.75) is 31.0 Å². The van der Waals surface area contributed by atoms with E-state index in [1.807, 2.05) is 4.57 Å². The van der Waals surface area contributed by atoms with Crippen LogP contribution in [0.5, 0.6) is 11.5 Å². The number of carbonyl (C=O) groups is 1. The summed E-state index contributed by atoms with van der Waals surface area (Å²) in [6.07, 6.45) is 3.58. The standard InChI is InChI=1S/C24H28FN5O3S/c1-32-19-10-11-21(33-2)20(14-19)26-23(31)16-34-24-28-27-22(15-29-12-4-3-5-13-29)30(24)18-8-6-17(25)7-9-18/h6-11,14H,3-5,12-13,15-16H2,1-2H3,(H,26,31). The quantitative estimate of drug-likeness (QED) is 0.456. The van der Waals surface area contributed by atoms with Crippen LogP contribution in [0.25, 0.3) is 5.69 Å². The lowest BCUT2D eigenvalue weighted by Crippen LogP contribution is -2.30. The number of benzene rings is 2. The molecular weight excluding hydrogens is 457 g/mol. The van der Waals surface area contributed by atoms with E-state index in [-0.39, 0.29) is 17.5 Å². The van der Waals surface area contributed by atoms with Gasteiger partial charge in [-0.1, -0.05) is 18.2 Å². The van der Waals surface area contributed by atoms with Gasteiger partial charge in [0.1, 0.15) is 17.3 Å². The lowest BCUT2D eigenvalue weighted by Gasteiger charge is -2.26. The van der Waals surface area contributed by atoms with E-state index in [4.69, 9.17) is 9.47 Å². The van der Waals surface area contributed by atoms with Crippen LogP contribution < -0.4 is 14.8 Å². The van der Waals surface area contributed by atoms with Crippen LogP contribution in [0.3, 0.4) is 0 Å². The van der Waals surface area contributed by atoms with Crippen LogP contribution in [0.1, 0.15) is 25.1 Å². The number of anilines is 1. The molecule has 1 aliphatic rings. The molecule has 0 unspecified atom stereocenters. The van der Waals surface area contributed by atoms with Crippen LogP contribution >= 0.6 is 11.8 Å². The third-order valence-electron chi connectivity index (χ3n) is 5.61. The molecule has 0 aliphatic carbocycles. The molecule has 0 saturated carbocycles. The highest BCUT2D eigenvalue weighted by molar-refractivity contribution is 7.99. The van der Waals surface area contributed by atoms with Crippen molar-refractivity contribution in [3.05, 3.63) is 54.1 Å². The Hall–Kier alpha value is -3.11. The number of likely N-dealkylation sites (tertiary alicyclic amines) is 1. The predicted octanol–water partition coefficient (Wildman–Crippen LogP) is 4.14. The lowest BCUT2D eigenvalue weighted by molar-refractivity contribution is -0.113. The van der Waals surface area contributed by atoms with Crippen molar-refractivity contribution in [3.8, 4) is 17.2 Å². The molecule has 1 amide bonds. The number of piperidine rings is 1. The highest BCUT2D eigenvalue weighted by Crippen LogP contribution is 2.30. The summed E-state index contributed by atoms with van der Waals surface area (Å²) >= 11 is 1.27. The smallest absolute Gasteiger partial charge is 0.234 e. The first-order valence-corrected chi connectivity index (χ1v) is 12.1. The Bertz CT molecular complexity index is 1120. The summed E-state index contributed by atoms with van der Waals surface area (Å²) in [7, 11) is 3.11. The molecular formula is C24H28FN5O3S. The Kier molecular flexibility index (Phi) is 8.02. The Balaban J connectivity index is 1.51. The van der Waals surface area contributed by atoms with E-state index in [9.17, 15) is 9.18 Å². The topological polar surface area (TPSA) is 81.5 Å². The highest BCUT2D eigenvalue weighted by Gasteiger charge is 2.20. The number of rotatable bonds is 9. The summed E-state index contributed by atoms with van der Waals surface area (Å²) in [6, 6.07) is 11.4. The molecule has 0 spiro atoms. The largest absolute Gasteiger partial charge is 0.497 e. The lowest BCUT2D eigenvalue weighted by atomic mass is 10.1. The van der Waals surface area contributed by atoms with Crippen molar-refractivity contribution in [1.29, 1.82) is 0 Å². The summed E-state index contributed by atoms with van der Waals surface area (Å²) in [6.45, 7) is 2.69. The van der Waals surface area contributed by atoms with Crippen LogP contribution in [0.4, 0.5) is 10.1 Å². The van der Waals surface area contributed by atoms with Gasteiger partial charge in [0.15, 0.2) is 11.0 Å². The third-order valence-corrected chi connectivity index (χ3v) is 6.54. The maximum absolute atomic E-state index is 13.6. The first-order valence-electron chi connectivity index (χ1n) is 11.1. The van der Waals surface area contributed by atoms with E-state index in [0.29, 0.717) is 28.9 Å². The average molecular weight is 486 g/mol. The number of methoxy groups -OCH3 is 2. The maximum atomic E-state index is 13.6. The molecule has 0 atom stereocenters. The van der Waals surface area contributed by atoms with Gasteiger partial charge in [-0.05, 0) is 62.3 Å². The number of carbonyl (C=O) groups excluding carboxylic acids is 1. The molecule has 180 valence electrons. The molecule has 3 aromatic rings. The van der Waals surface area contributed by atoms with E-state index in [1.54, 1.807) is 44.6 Å². The van der Waals surface area contributed by atoms with Crippen molar-refractivity contribution >= 4 is 23.4 Å². The minimum Gasteiger partial charge on any atom is -0.497 e. The second kappa shape index (κ2) is 11.3. The van der Waals surface area contributed by atoms with E-state index in [2.05, 4.69) is 20.4 Å². The SMILES string of the molecule is COc1ccc(OC)c(NC(=O)CSc2nnc(CN3CCCCC3)n2-c2ccc(F)cc2)c1. The summed E-state index contributed by atoms with van der Waals surface area (Å²) in [5.41, 5.74) is 1.29. The fraction of sp³-hybridized carbons (Fsp3) is 0.375. The van der Waals surface area contributed by atoms with Gasteiger partial charge in [-0.25, -0.2) is 4.39 Å². The molecule has 8 nitrogen and oxygen atoms in total. The van der Waals surface area contributed by atoms with Gasteiger partial charge in [-0.2, -0.15) is 0 Å². The van der Waals surface area contributed by atoms with Gasteiger partial charge in [-0.3, -0.25) is 14.3 Å². The van der Waals surface area contributed by atoms with Crippen LogP contribution in [0.15, 0.2) is 47.6 Å². The molecule has 2 heterocycles. The number of thioether (sulfide) groups is 1. The second-order valence-corrected chi connectivity index (χ2v) is 8.89. The summed E-state index contributed by atoms with van der Waals surface area (Å²) < 4.78 is 26.0. The average Bonchev–Trinajstić information content (AvgIpc) is 3.26. The molecule has 0 bridgehead atoms. The first kappa shape index (κ1) is 24.0. The molecule has 1 fully saturated rings. The predicted molar refractivity (Wildman–Crippen MR) is 129 cm³/mol. The fourth-order valence-corrected chi connectivity index (χ4v) is 4.66. The number of nitrogens with one attached hydrogen (secondary N) is 1. The van der Waals surface area contributed by atoms with Crippen LogP contribution in [0.2, 0.25) is 0 Å². The molecule has 0 radical (unpaired) electrons. The van der Waals surface area contributed by atoms with Gasteiger partial charge >= 0.3 is 0 Å². The third kappa shape index (κ3) is 5.87. The minimum absolute atomic E-state index is 0.114. The molecule has 1 aliphatic heterocycles. The van der Waals surface area contributed by atoms with Gasteiger partial charge in [0.2, 0.25) is 5.91 Å². The van der Waals surface area contributed by atoms with Gasteiger partial charge < -0.3 is 14.8 Å². The van der Waals surface area contributed by atoms with Crippen molar-refractivity contribution in [2.75, 3.05) is 38.4 Å². The minimum atomic E-state index is -0.310.